The third-order valence-electron chi connectivity index (χ3n) is 3.20. The predicted octanol–water partition coefficient (Wildman–Crippen LogP) is 2.79. The van der Waals surface area contributed by atoms with Crippen molar-refractivity contribution in [3.8, 4) is 0 Å². The maximum Gasteiger partial charge on any atom is 0.305 e. The van der Waals surface area contributed by atoms with E-state index in [0.717, 1.165) is 25.1 Å². The normalized spacial score (nSPS) is 14.3. The van der Waals surface area contributed by atoms with Gasteiger partial charge in [-0.15, -0.1) is 0 Å². The van der Waals surface area contributed by atoms with Crippen LogP contribution in [0.25, 0.3) is 0 Å². The number of nitrogens with one attached hydrogen (secondary N) is 1. The first-order chi connectivity index (χ1) is 9.38. The molecule has 5 nitrogen and oxygen atoms in total. The van der Waals surface area contributed by atoms with Gasteiger partial charge in [0.1, 0.15) is 0 Å². The minimum atomic E-state index is -0.916. The smallest absolute Gasteiger partial charge is 0.305 e. The van der Waals surface area contributed by atoms with E-state index in [1.54, 1.807) is 0 Å². The van der Waals surface area contributed by atoms with Gasteiger partial charge >= 0.3 is 5.69 Å². The Balaban J connectivity index is 3.02. The zero-order valence-electron chi connectivity index (χ0n) is 12.0. The molecule has 2 unspecified atom stereocenters. The molecule has 0 aliphatic heterocycles. The summed E-state index contributed by atoms with van der Waals surface area (Å²) in [6.45, 7) is 6.66. The van der Waals surface area contributed by atoms with E-state index in [1.165, 1.54) is 6.07 Å². The van der Waals surface area contributed by atoms with Gasteiger partial charge in [-0.05, 0) is 30.5 Å². The van der Waals surface area contributed by atoms with Crippen LogP contribution in [0.1, 0.15) is 38.9 Å². The summed E-state index contributed by atoms with van der Waals surface area (Å²) in [6.07, 6.45) is 0.000297. The fourth-order valence-corrected chi connectivity index (χ4v) is 2.08. The largest absolute Gasteiger partial charge is 0.387 e. The molecule has 0 aliphatic rings. The van der Waals surface area contributed by atoms with Gasteiger partial charge in [0, 0.05) is 12.1 Å². The summed E-state index contributed by atoms with van der Waals surface area (Å²) in [7, 11) is 0. The van der Waals surface area contributed by atoms with Crippen molar-refractivity contribution in [2.45, 2.75) is 39.3 Å². The molecule has 0 radical (unpaired) electrons. The number of nitro benzene ring substituents is 1. The van der Waals surface area contributed by atoms with E-state index in [4.69, 9.17) is 0 Å². The van der Waals surface area contributed by atoms with Crippen molar-refractivity contribution in [1.29, 1.82) is 0 Å². The summed E-state index contributed by atoms with van der Waals surface area (Å²) in [4.78, 5) is 9.96. The van der Waals surface area contributed by atoms with Crippen LogP contribution >= 0.6 is 0 Å². The number of hydrogen-bond donors (Lipinski definition) is 2. The lowest BCUT2D eigenvalue weighted by Gasteiger charge is -2.27. The van der Waals surface area contributed by atoms with Gasteiger partial charge in [0.05, 0.1) is 11.0 Å². The molecule has 0 aliphatic carbocycles. The summed E-state index contributed by atoms with van der Waals surface area (Å²) in [5.74, 6) is -0.755. The maximum absolute atomic E-state index is 13.3. The number of benzene rings is 1. The minimum absolute atomic E-state index is 0.139. The first kappa shape index (κ1) is 16.5. The average molecular weight is 284 g/mol. The van der Waals surface area contributed by atoms with E-state index in [2.05, 4.69) is 5.32 Å². The van der Waals surface area contributed by atoms with Crippen LogP contribution in [0.15, 0.2) is 18.2 Å². The van der Waals surface area contributed by atoms with Gasteiger partial charge in [-0.2, -0.15) is 4.39 Å². The van der Waals surface area contributed by atoms with E-state index in [1.807, 2.05) is 20.8 Å². The Bertz CT molecular complexity index is 466. The molecule has 0 heterocycles. The average Bonchev–Trinajstić information content (AvgIpc) is 2.38. The van der Waals surface area contributed by atoms with Crippen LogP contribution in [0.3, 0.4) is 0 Å². The van der Waals surface area contributed by atoms with Crippen LogP contribution in [0.4, 0.5) is 10.1 Å². The van der Waals surface area contributed by atoms with Crippen molar-refractivity contribution in [3.05, 3.63) is 39.7 Å². The molecule has 0 saturated carbocycles. The molecule has 0 bridgehead atoms. The summed E-state index contributed by atoms with van der Waals surface area (Å²) in [5.41, 5.74) is -0.264. The van der Waals surface area contributed by atoms with Crippen LogP contribution in [0.5, 0.6) is 0 Å². The molecule has 112 valence electrons. The maximum atomic E-state index is 13.3. The monoisotopic (exact) mass is 284 g/mol. The van der Waals surface area contributed by atoms with E-state index in [-0.39, 0.29) is 12.0 Å². The zero-order chi connectivity index (χ0) is 15.3. The molecular weight excluding hydrogens is 263 g/mol. The Morgan fingerprint density at radius 3 is 2.60 bits per heavy atom. The van der Waals surface area contributed by atoms with Crippen LogP contribution < -0.4 is 5.32 Å². The van der Waals surface area contributed by atoms with Crippen molar-refractivity contribution in [2.75, 3.05) is 6.54 Å². The predicted molar refractivity (Wildman–Crippen MR) is 74.9 cm³/mol. The Hall–Kier alpha value is -1.53. The second-order valence-corrected chi connectivity index (χ2v) is 5.14. The van der Waals surface area contributed by atoms with E-state index >= 15 is 0 Å². The molecule has 1 aromatic rings. The molecule has 1 rings (SSSR count). The van der Waals surface area contributed by atoms with Crippen molar-refractivity contribution in [3.63, 3.8) is 0 Å². The highest BCUT2D eigenvalue weighted by atomic mass is 19.1. The van der Waals surface area contributed by atoms with E-state index in [9.17, 15) is 19.6 Å². The minimum Gasteiger partial charge on any atom is -0.387 e. The Morgan fingerprint density at radius 1 is 1.45 bits per heavy atom. The highest BCUT2D eigenvalue weighted by Crippen LogP contribution is 2.27. The molecule has 0 aromatic heterocycles. The van der Waals surface area contributed by atoms with Crippen LogP contribution in [-0.4, -0.2) is 22.6 Å². The molecular formula is C14H21FN2O3. The fourth-order valence-electron chi connectivity index (χ4n) is 2.08. The SMILES string of the molecule is CCCNC(C(C)C)C(O)c1ccc(F)c([N+](=O)[O-])c1. The molecule has 0 fully saturated rings. The molecule has 1 aromatic carbocycles. The number of rotatable bonds is 7. The van der Waals surface area contributed by atoms with Gasteiger partial charge in [-0.3, -0.25) is 10.1 Å². The third kappa shape index (κ3) is 3.98. The lowest BCUT2D eigenvalue weighted by Crippen LogP contribution is -2.39. The first-order valence-electron chi connectivity index (χ1n) is 6.73. The van der Waals surface area contributed by atoms with Crippen molar-refractivity contribution in [1.82, 2.24) is 5.32 Å². The number of nitro groups is 1. The van der Waals surface area contributed by atoms with Gasteiger partial charge in [-0.1, -0.05) is 26.8 Å². The molecule has 0 amide bonds. The Labute approximate surface area is 118 Å². The number of aliphatic hydroxyl groups is 1. The van der Waals surface area contributed by atoms with Crippen LogP contribution in [0.2, 0.25) is 0 Å². The number of aliphatic hydroxyl groups excluding tert-OH is 1. The van der Waals surface area contributed by atoms with Crippen molar-refractivity contribution in [2.24, 2.45) is 5.92 Å². The van der Waals surface area contributed by atoms with E-state index < -0.39 is 22.5 Å². The van der Waals surface area contributed by atoms with Gasteiger partial charge in [0.2, 0.25) is 5.82 Å². The molecule has 2 atom stereocenters. The van der Waals surface area contributed by atoms with Crippen molar-refractivity contribution >= 4 is 5.69 Å². The highest BCUT2D eigenvalue weighted by molar-refractivity contribution is 5.37. The molecule has 0 spiro atoms. The molecule has 0 saturated heterocycles. The quantitative estimate of drug-likeness (QED) is 0.596. The second kappa shape index (κ2) is 7.31. The van der Waals surface area contributed by atoms with E-state index in [0.29, 0.717) is 5.56 Å². The first-order valence-corrected chi connectivity index (χ1v) is 6.73. The Morgan fingerprint density at radius 2 is 2.10 bits per heavy atom. The van der Waals surface area contributed by atoms with Gasteiger partial charge in [-0.25, -0.2) is 0 Å². The highest BCUT2D eigenvalue weighted by Gasteiger charge is 2.26. The topological polar surface area (TPSA) is 75.4 Å². The fraction of sp³-hybridized carbons (Fsp3) is 0.571. The third-order valence-corrected chi connectivity index (χ3v) is 3.20. The van der Waals surface area contributed by atoms with Gasteiger partial charge < -0.3 is 10.4 Å². The zero-order valence-corrected chi connectivity index (χ0v) is 12.0. The molecule has 20 heavy (non-hydrogen) atoms. The summed E-state index contributed by atoms with van der Waals surface area (Å²) in [5, 5.41) is 24.3. The lowest BCUT2D eigenvalue weighted by atomic mass is 9.93. The molecule has 6 heteroatoms. The standard InChI is InChI=1S/C14H21FN2O3/c1-4-7-16-13(9(2)3)14(18)10-5-6-11(15)12(8-10)17(19)20/h5-6,8-9,13-14,16,18H,4,7H2,1-3H3. The number of nitrogens with zero attached hydrogens (tertiary/aromatic N) is 1. The lowest BCUT2D eigenvalue weighted by molar-refractivity contribution is -0.387. The summed E-state index contributed by atoms with van der Waals surface area (Å²) >= 11 is 0. The van der Waals surface area contributed by atoms with Crippen LogP contribution in [-0.2, 0) is 0 Å². The van der Waals surface area contributed by atoms with Crippen molar-refractivity contribution < 1.29 is 14.4 Å². The van der Waals surface area contributed by atoms with Gasteiger partial charge in [0.25, 0.3) is 0 Å². The summed E-state index contributed by atoms with van der Waals surface area (Å²) in [6, 6.07) is 3.27. The molecule has 2 N–H and O–H groups in total. The Kier molecular flexibility index (Phi) is 6.04. The summed E-state index contributed by atoms with van der Waals surface area (Å²) < 4.78 is 13.3. The van der Waals surface area contributed by atoms with Gasteiger partial charge in [0.15, 0.2) is 0 Å². The van der Waals surface area contributed by atoms with Crippen LogP contribution in [0, 0.1) is 21.8 Å². The number of hydrogen-bond acceptors (Lipinski definition) is 4. The number of halogens is 1. The second-order valence-electron chi connectivity index (χ2n) is 5.14.